The molecule has 2 aromatic carbocycles. The molecule has 2 heterocycles. The third-order valence-corrected chi connectivity index (χ3v) is 5.33. The van der Waals surface area contributed by atoms with E-state index in [1.807, 2.05) is 24.3 Å². The molecular weight excluding hydrogens is 413 g/mol. The van der Waals surface area contributed by atoms with Gasteiger partial charge in [-0.3, -0.25) is 4.79 Å². The van der Waals surface area contributed by atoms with Crippen LogP contribution in [-0.4, -0.2) is 25.5 Å². The van der Waals surface area contributed by atoms with Crippen LogP contribution in [-0.2, 0) is 5.75 Å². The molecule has 29 heavy (non-hydrogen) atoms. The Morgan fingerprint density at radius 2 is 2.03 bits per heavy atom. The normalized spacial score (nSPS) is 11.0. The van der Waals surface area contributed by atoms with Crippen molar-refractivity contribution in [3.05, 3.63) is 82.4 Å². The quantitative estimate of drug-likeness (QED) is 0.464. The standard InChI is InChI=1S/C20H15ClFN5OS/c1-12-17(18(28)24-16-7-5-15(22)6-8-16)10-23-19-25-20(26-27(12)19)29-11-13-3-2-4-14(21)9-13/h2-10H,11H2,1H3,(H,24,28). The van der Waals surface area contributed by atoms with Crippen molar-refractivity contribution < 1.29 is 9.18 Å². The lowest BCUT2D eigenvalue weighted by Gasteiger charge is -2.08. The summed E-state index contributed by atoms with van der Waals surface area (Å²) in [4.78, 5) is 21.2. The largest absolute Gasteiger partial charge is 0.322 e. The summed E-state index contributed by atoms with van der Waals surface area (Å²) < 4.78 is 14.6. The molecule has 0 radical (unpaired) electrons. The first kappa shape index (κ1) is 19.4. The number of benzene rings is 2. The van der Waals surface area contributed by atoms with Crippen LogP contribution in [0, 0.1) is 12.7 Å². The van der Waals surface area contributed by atoms with Gasteiger partial charge in [0.25, 0.3) is 11.7 Å². The molecule has 0 aliphatic carbocycles. The second kappa shape index (κ2) is 8.18. The summed E-state index contributed by atoms with van der Waals surface area (Å²) in [7, 11) is 0. The van der Waals surface area contributed by atoms with E-state index in [2.05, 4.69) is 20.4 Å². The molecule has 4 rings (SSSR count). The van der Waals surface area contributed by atoms with Gasteiger partial charge in [0.2, 0.25) is 5.16 Å². The number of amides is 1. The van der Waals surface area contributed by atoms with Crippen molar-refractivity contribution in [2.24, 2.45) is 0 Å². The maximum atomic E-state index is 13.0. The number of hydrogen-bond donors (Lipinski definition) is 1. The average molecular weight is 428 g/mol. The Kier molecular flexibility index (Phi) is 5.46. The molecule has 146 valence electrons. The molecule has 0 unspecified atom stereocenters. The second-order valence-electron chi connectivity index (χ2n) is 6.24. The van der Waals surface area contributed by atoms with E-state index in [9.17, 15) is 9.18 Å². The van der Waals surface area contributed by atoms with Gasteiger partial charge in [0.15, 0.2) is 0 Å². The third kappa shape index (κ3) is 4.38. The van der Waals surface area contributed by atoms with Gasteiger partial charge < -0.3 is 5.32 Å². The summed E-state index contributed by atoms with van der Waals surface area (Å²) in [5.41, 5.74) is 2.52. The first-order valence-electron chi connectivity index (χ1n) is 8.66. The fraction of sp³-hybridized carbons (Fsp3) is 0.100. The number of nitrogens with zero attached hydrogens (tertiary/aromatic N) is 4. The fourth-order valence-electron chi connectivity index (χ4n) is 2.71. The lowest BCUT2D eigenvalue weighted by Crippen LogP contribution is -2.16. The molecule has 9 heteroatoms. The summed E-state index contributed by atoms with van der Waals surface area (Å²) >= 11 is 7.47. The minimum Gasteiger partial charge on any atom is -0.322 e. The first-order chi connectivity index (χ1) is 14.0. The topological polar surface area (TPSA) is 72.2 Å². The van der Waals surface area contributed by atoms with Gasteiger partial charge in [0.05, 0.1) is 11.3 Å². The Bertz CT molecular complexity index is 1200. The van der Waals surface area contributed by atoms with Crippen LogP contribution in [0.1, 0.15) is 21.6 Å². The average Bonchev–Trinajstić information content (AvgIpc) is 3.13. The maximum Gasteiger partial charge on any atom is 0.259 e. The van der Waals surface area contributed by atoms with E-state index in [1.165, 1.54) is 42.2 Å². The number of carbonyl (C=O) groups is 1. The molecule has 1 N–H and O–H groups in total. The number of halogens is 2. The highest BCUT2D eigenvalue weighted by molar-refractivity contribution is 7.98. The number of aromatic nitrogens is 4. The van der Waals surface area contributed by atoms with Crippen LogP contribution in [0.25, 0.3) is 5.78 Å². The summed E-state index contributed by atoms with van der Waals surface area (Å²) in [6, 6.07) is 13.2. The number of rotatable bonds is 5. The van der Waals surface area contributed by atoms with Crippen LogP contribution in [0.5, 0.6) is 0 Å². The highest BCUT2D eigenvalue weighted by Crippen LogP contribution is 2.22. The minimum atomic E-state index is -0.368. The highest BCUT2D eigenvalue weighted by atomic mass is 35.5. The number of aryl methyl sites for hydroxylation is 1. The number of nitrogens with one attached hydrogen (secondary N) is 1. The second-order valence-corrected chi connectivity index (χ2v) is 7.62. The van der Waals surface area contributed by atoms with Gasteiger partial charge in [-0.25, -0.2) is 9.37 Å². The van der Waals surface area contributed by atoms with Crippen LogP contribution >= 0.6 is 23.4 Å². The molecule has 0 saturated heterocycles. The number of anilines is 1. The molecule has 2 aromatic heterocycles. The summed E-state index contributed by atoms with van der Waals surface area (Å²) in [5.74, 6) is 0.350. The molecule has 6 nitrogen and oxygen atoms in total. The van der Waals surface area contributed by atoms with Gasteiger partial charge >= 0.3 is 0 Å². The molecule has 4 aromatic rings. The summed E-state index contributed by atoms with van der Waals surface area (Å²) in [6.07, 6.45) is 1.46. The van der Waals surface area contributed by atoms with Crippen molar-refractivity contribution in [3.8, 4) is 0 Å². The first-order valence-corrected chi connectivity index (χ1v) is 10.0. The molecule has 0 saturated carbocycles. The van der Waals surface area contributed by atoms with Crippen LogP contribution in [0.4, 0.5) is 10.1 Å². The predicted molar refractivity (Wildman–Crippen MR) is 111 cm³/mol. The van der Waals surface area contributed by atoms with E-state index >= 15 is 0 Å². The smallest absolute Gasteiger partial charge is 0.259 e. The molecule has 0 spiro atoms. The SMILES string of the molecule is Cc1c(C(=O)Nc2ccc(F)cc2)cnc2nc(SCc3cccc(Cl)c3)nn12. The van der Waals surface area contributed by atoms with Gasteiger partial charge in [-0.15, -0.1) is 5.10 Å². The maximum absolute atomic E-state index is 13.0. The minimum absolute atomic E-state index is 0.355. The zero-order valence-electron chi connectivity index (χ0n) is 15.3. The van der Waals surface area contributed by atoms with E-state index in [-0.39, 0.29) is 11.7 Å². The molecule has 0 aliphatic heterocycles. The molecular formula is C20H15ClFN5OS. The van der Waals surface area contributed by atoms with Crippen LogP contribution in [0.2, 0.25) is 5.02 Å². The lowest BCUT2D eigenvalue weighted by molar-refractivity contribution is 0.102. The number of hydrogen-bond acceptors (Lipinski definition) is 5. The van der Waals surface area contributed by atoms with Crippen molar-refractivity contribution in [2.45, 2.75) is 17.8 Å². The van der Waals surface area contributed by atoms with Crippen LogP contribution < -0.4 is 5.32 Å². The van der Waals surface area contributed by atoms with Crippen molar-refractivity contribution >= 4 is 40.7 Å². The Hall–Kier alpha value is -2.97. The summed E-state index contributed by atoms with van der Waals surface area (Å²) in [6.45, 7) is 1.77. The van der Waals surface area contributed by atoms with E-state index in [1.54, 1.807) is 11.4 Å². The Morgan fingerprint density at radius 1 is 1.24 bits per heavy atom. The van der Waals surface area contributed by atoms with Crippen molar-refractivity contribution in [1.82, 2.24) is 19.6 Å². The predicted octanol–water partition coefficient (Wildman–Crippen LogP) is 4.77. The monoisotopic (exact) mass is 427 g/mol. The van der Waals surface area contributed by atoms with E-state index in [4.69, 9.17) is 11.6 Å². The van der Waals surface area contributed by atoms with Crippen LogP contribution in [0.15, 0.2) is 59.9 Å². The van der Waals surface area contributed by atoms with Gasteiger partial charge in [0, 0.05) is 22.7 Å². The van der Waals surface area contributed by atoms with Crippen molar-refractivity contribution in [3.63, 3.8) is 0 Å². The molecule has 0 aliphatic rings. The van der Waals surface area contributed by atoms with Gasteiger partial charge in [-0.05, 0) is 48.9 Å². The fourth-order valence-corrected chi connectivity index (χ4v) is 3.69. The van der Waals surface area contributed by atoms with Gasteiger partial charge in [0.1, 0.15) is 5.82 Å². The highest BCUT2D eigenvalue weighted by Gasteiger charge is 2.16. The third-order valence-electron chi connectivity index (χ3n) is 4.19. The molecule has 1 amide bonds. The Morgan fingerprint density at radius 3 is 2.79 bits per heavy atom. The van der Waals surface area contributed by atoms with Crippen LogP contribution in [0.3, 0.4) is 0 Å². The Labute approximate surface area is 175 Å². The van der Waals surface area contributed by atoms with E-state index in [0.29, 0.717) is 38.7 Å². The van der Waals surface area contributed by atoms with Gasteiger partial charge in [-0.1, -0.05) is 35.5 Å². The summed E-state index contributed by atoms with van der Waals surface area (Å²) in [5, 5.41) is 8.41. The number of fused-ring (bicyclic) bond motifs is 1. The van der Waals surface area contributed by atoms with Crippen molar-refractivity contribution in [1.29, 1.82) is 0 Å². The zero-order chi connectivity index (χ0) is 20.4. The Balaban J connectivity index is 1.53. The lowest BCUT2D eigenvalue weighted by atomic mass is 10.2. The number of thioether (sulfide) groups is 1. The number of carbonyl (C=O) groups excluding carboxylic acids is 1. The zero-order valence-corrected chi connectivity index (χ0v) is 16.8. The molecule has 0 atom stereocenters. The van der Waals surface area contributed by atoms with E-state index < -0.39 is 0 Å². The molecule has 0 fully saturated rings. The van der Waals surface area contributed by atoms with Gasteiger partial charge in [-0.2, -0.15) is 9.50 Å². The van der Waals surface area contributed by atoms with E-state index in [0.717, 1.165) is 5.56 Å². The molecule has 0 bridgehead atoms. The van der Waals surface area contributed by atoms with Crippen molar-refractivity contribution in [2.75, 3.05) is 5.32 Å².